The van der Waals surface area contributed by atoms with E-state index in [1.807, 2.05) is 44.0 Å². The standard InChI is InChI=1S/C25H40N4O4/c1-25(2,3)33-24(31)28-13-8-21(9-14-28)29-10-4-5-22(29)23(30)27-11-6-20(7-12-27)19-26-15-17-32-18-16-26/h4-5,10,20-21H,6-9,11-19H2,1-3H3. The van der Waals surface area contributed by atoms with Crippen molar-refractivity contribution >= 4 is 12.0 Å². The molecular weight excluding hydrogens is 420 g/mol. The number of ether oxygens (including phenoxy) is 2. The smallest absolute Gasteiger partial charge is 0.410 e. The van der Waals surface area contributed by atoms with Gasteiger partial charge in [-0.25, -0.2) is 4.79 Å². The van der Waals surface area contributed by atoms with Gasteiger partial charge < -0.3 is 23.8 Å². The van der Waals surface area contributed by atoms with Gasteiger partial charge in [-0.2, -0.15) is 0 Å². The number of aromatic nitrogens is 1. The van der Waals surface area contributed by atoms with Crippen molar-refractivity contribution in [2.75, 3.05) is 59.0 Å². The predicted octanol–water partition coefficient (Wildman–Crippen LogP) is 3.24. The fraction of sp³-hybridized carbons (Fsp3) is 0.760. The second-order valence-electron chi connectivity index (χ2n) is 10.6. The topological polar surface area (TPSA) is 67.2 Å². The van der Waals surface area contributed by atoms with E-state index in [0.717, 1.165) is 77.3 Å². The monoisotopic (exact) mass is 460 g/mol. The highest BCUT2D eigenvalue weighted by atomic mass is 16.6. The molecule has 0 saturated carbocycles. The van der Waals surface area contributed by atoms with Gasteiger partial charge in [-0.15, -0.1) is 0 Å². The van der Waals surface area contributed by atoms with Gasteiger partial charge in [-0.05, 0) is 64.5 Å². The molecule has 1 aromatic heterocycles. The van der Waals surface area contributed by atoms with E-state index in [0.29, 0.717) is 19.0 Å². The van der Waals surface area contributed by atoms with E-state index in [2.05, 4.69) is 9.47 Å². The Morgan fingerprint density at radius 3 is 2.24 bits per heavy atom. The number of morpholine rings is 1. The number of carbonyl (C=O) groups excluding carboxylic acids is 2. The number of piperidine rings is 2. The van der Waals surface area contributed by atoms with Crippen LogP contribution in [0.4, 0.5) is 4.79 Å². The highest BCUT2D eigenvalue weighted by molar-refractivity contribution is 5.93. The molecule has 3 aliphatic rings. The minimum Gasteiger partial charge on any atom is -0.444 e. The number of likely N-dealkylation sites (tertiary alicyclic amines) is 2. The third-order valence-corrected chi connectivity index (χ3v) is 7.03. The molecule has 3 aliphatic heterocycles. The number of hydrogen-bond acceptors (Lipinski definition) is 5. The van der Waals surface area contributed by atoms with Crippen molar-refractivity contribution in [3.05, 3.63) is 24.0 Å². The molecule has 0 bridgehead atoms. The lowest BCUT2D eigenvalue weighted by Crippen LogP contribution is -2.45. The molecule has 0 N–H and O–H groups in total. The van der Waals surface area contributed by atoms with Gasteiger partial charge in [0.25, 0.3) is 5.91 Å². The Morgan fingerprint density at radius 1 is 0.970 bits per heavy atom. The fourth-order valence-electron chi connectivity index (χ4n) is 5.18. The summed E-state index contributed by atoms with van der Waals surface area (Å²) < 4.78 is 13.1. The Labute approximate surface area is 197 Å². The molecule has 0 atom stereocenters. The lowest BCUT2D eigenvalue weighted by atomic mass is 9.95. The van der Waals surface area contributed by atoms with E-state index in [1.54, 1.807) is 4.90 Å². The quantitative estimate of drug-likeness (QED) is 0.690. The third kappa shape index (κ3) is 6.29. The molecule has 8 nitrogen and oxygen atoms in total. The van der Waals surface area contributed by atoms with Crippen LogP contribution < -0.4 is 0 Å². The van der Waals surface area contributed by atoms with E-state index in [-0.39, 0.29) is 18.0 Å². The summed E-state index contributed by atoms with van der Waals surface area (Å²) in [4.78, 5) is 32.0. The molecule has 0 aliphatic carbocycles. The first kappa shape index (κ1) is 24.1. The van der Waals surface area contributed by atoms with Crippen LogP contribution in [0.25, 0.3) is 0 Å². The highest BCUT2D eigenvalue weighted by Gasteiger charge is 2.31. The van der Waals surface area contributed by atoms with Gasteiger partial charge >= 0.3 is 6.09 Å². The molecule has 3 saturated heterocycles. The zero-order valence-electron chi connectivity index (χ0n) is 20.5. The molecule has 4 heterocycles. The van der Waals surface area contributed by atoms with E-state index < -0.39 is 5.60 Å². The first-order valence-electron chi connectivity index (χ1n) is 12.5. The van der Waals surface area contributed by atoms with Gasteiger partial charge in [-0.1, -0.05) is 0 Å². The van der Waals surface area contributed by atoms with Crippen molar-refractivity contribution in [3.8, 4) is 0 Å². The minimum absolute atomic E-state index is 0.138. The van der Waals surface area contributed by atoms with Gasteiger partial charge in [0.2, 0.25) is 0 Å². The largest absolute Gasteiger partial charge is 0.444 e. The lowest BCUT2D eigenvalue weighted by molar-refractivity contribution is 0.0184. The van der Waals surface area contributed by atoms with Crippen molar-refractivity contribution in [1.29, 1.82) is 0 Å². The summed E-state index contributed by atoms with van der Waals surface area (Å²) in [5.41, 5.74) is 0.293. The van der Waals surface area contributed by atoms with Crippen LogP contribution in [0.2, 0.25) is 0 Å². The minimum atomic E-state index is -0.483. The van der Waals surface area contributed by atoms with Crippen LogP contribution in [0.15, 0.2) is 18.3 Å². The number of hydrogen-bond donors (Lipinski definition) is 0. The van der Waals surface area contributed by atoms with Gasteiger partial charge in [0.15, 0.2) is 0 Å². The van der Waals surface area contributed by atoms with Crippen LogP contribution >= 0.6 is 0 Å². The van der Waals surface area contributed by atoms with Crippen LogP contribution in [0.3, 0.4) is 0 Å². The maximum Gasteiger partial charge on any atom is 0.410 e. The van der Waals surface area contributed by atoms with E-state index in [1.165, 1.54) is 0 Å². The molecule has 184 valence electrons. The molecule has 4 rings (SSSR count). The Morgan fingerprint density at radius 2 is 1.61 bits per heavy atom. The van der Waals surface area contributed by atoms with Crippen LogP contribution in [0.1, 0.15) is 63.0 Å². The summed E-state index contributed by atoms with van der Waals surface area (Å²) in [6.07, 6.45) is 5.57. The number of amides is 2. The maximum atomic E-state index is 13.3. The lowest BCUT2D eigenvalue weighted by Gasteiger charge is -2.37. The van der Waals surface area contributed by atoms with Crippen LogP contribution in [0, 0.1) is 5.92 Å². The average Bonchev–Trinajstić information content (AvgIpc) is 3.29. The molecule has 0 aromatic carbocycles. The third-order valence-electron chi connectivity index (χ3n) is 7.03. The molecule has 0 spiro atoms. The zero-order chi connectivity index (χ0) is 23.4. The molecule has 3 fully saturated rings. The molecule has 1 aromatic rings. The molecule has 33 heavy (non-hydrogen) atoms. The maximum absolute atomic E-state index is 13.3. The summed E-state index contributed by atoms with van der Waals surface area (Å²) >= 11 is 0. The molecule has 2 amide bonds. The Kier molecular flexibility index (Phi) is 7.64. The number of carbonyl (C=O) groups is 2. The van der Waals surface area contributed by atoms with Crippen LogP contribution in [-0.4, -0.2) is 95.9 Å². The van der Waals surface area contributed by atoms with E-state index in [9.17, 15) is 9.59 Å². The first-order chi connectivity index (χ1) is 15.8. The average molecular weight is 461 g/mol. The van der Waals surface area contributed by atoms with Crippen LogP contribution in [-0.2, 0) is 9.47 Å². The molecule has 8 heteroatoms. The fourth-order valence-corrected chi connectivity index (χ4v) is 5.18. The molecular formula is C25H40N4O4. The summed E-state index contributed by atoms with van der Waals surface area (Å²) in [5, 5.41) is 0. The summed E-state index contributed by atoms with van der Waals surface area (Å²) in [7, 11) is 0. The Hall–Kier alpha value is -2.06. The number of rotatable bonds is 4. The highest BCUT2D eigenvalue weighted by Crippen LogP contribution is 2.27. The first-order valence-corrected chi connectivity index (χ1v) is 12.5. The van der Waals surface area contributed by atoms with Gasteiger partial charge in [0.05, 0.1) is 13.2 Å². The summed E-state index contributed by atoms with van der Waals surface area (Å²) in [6, 6.07) is 4.15. The molecule has 0 radical (unpaired) electrons. The Balaban J connectivity index is 1.28. The van der Waals surface area contributed by atoms with Crippen molar-refractivity contribution < 1.29 is 19.1 Å². The van der Waals surface area contributed by atoms with Crippen molar-refractivity contribution in [2.45, 2.75) is 58.1 Å². The molecule has 0 unspecified atom stereocenters. The van der Waals surface area contributed by atoms with Crippen molar-refractivity contribution in [3.63, 3.8) is 0 Å². The Bertz CT molecular complexity index is 796. The second kappa shape index (κ2) is 10.5. The van der Waals surface area contributed by atoms with Gasteiger partial charge in [0, 0.05) is 58.1 Å². The summed E-state index contributed by atoms with van der Waals surface area (Å²) in [5.74, 6) is 0.801. The van der Waals surface area contributed by atoms with Crippen molar-refractivity contribution in [2.24, 2.45) is 5.92 Å². The van der Waals surface area contributed by atoms with E-state index in [4.69, 9.17) is 9.47 Å². The van der Waals surface area contributed by atoms with Gasteiger partial charge in [0.1, 0.15) is 11.3 Å². The normalized spacial score (nSPS) is 21.9. The summed E-state index contributed by atoms with van der Waals surface area (Å²) in [6.45, 7) is 13.5. The second-order valence-corrected chi connectivity index (χ2v) is 10.6. The SMILES string of the molecule is CC(C)(C)OC(=O)N1CCC(n2cccc2C(=O)N2CCC(CN3CCOCC3)CC2)CC1. The predicted molar refractivity (Wildman–Crippen MR) is 126 cm³/mol. The van der Waals surface area contributed by atoms with E-state index >= 15 is 0 Å². The van der Waals surface area contributed by atoms with Gasteiger partial charge in [-0.3, -0.25) is 9.69 Å². The zero-order valence-corrected chi connectivity index (χ0v) is 20.5. The van der Waals surface area contributed by atoms with Crippen molar-refractivity contribution in [1.82, 2.24) is 19.3 Å². The van der Waals surface area contributed by atoms with Crippen LogP contribution in [0.5, 0.6) is 0 Å². The number of nitrogens with zero attached hydrogens (tertiary/aromatic N) is 4.